The summed E-state index contributed by atoms with van der Waals surface area (Å²) in [6.07, 6.45) is 57.3. The van der Waals surface area contributed by atoms with Crippen molar-refractivity contribution in [1.82, 2.24) is 0 Å². The number of ether oxygens (including phenoxy) is 3. The molecule has 0 saturated carbocycles. The molecular weight excluding hydrogens is 757 g/mol. The standard InChI is InChI=1S/C55H102O6/c1-4-7-10-13-16-19-22-25-27-30-32-35-38-41-44-47-53(56)59-50-52(61-55(58)49-46-43-40-37-34-29-24-21-18-15-12-9-6-3)51-60-54(57)48-45-42-39-36-33-31-28-26-23-20-17-14-11-8-5-2/h19,22,26,28,52H,4-18,20-21,23-25,27,29-51H2,1-3H3/b22-19-,28-26-/t52-/m1/s1. The first-order chi connectivity index (χ1) is 30.0. The fraction of sp³-hybridized carbons (Fsp3) is 0.873. The maximum absolute atomic E-state index is 12.8. The van der Waals surface area contributed by atoms with Gasteiger partial charge in [0, 0.05) is 19.3 Å². The summed E-state index contributed by atoms with van der Waals surface area (Å²) in [7, 11) is 0. The molecule has 0 unspecified atom stereocenters. The number of allylic oxidation sites excluding steroid dienone is 4. The van der Waals surface area contributed by atoms with Crippen LogP contribution in [0.3, 0.4) is 0 Å². The smallest absolute Gasteiger partial charge is 0.306 e. The van der Waals surface area contributed by atoms with E-state index in [1.807, 2.05) is 0 Å². The van der Waals surface area contributed by atoms with Gasteiger partial charge in [0.2, 0.25) is 0 Å². The molecule has 0 heterocycles. The zero-order chi connectivity index (χ0) is 44.4. The molecule has 0 aliphatic carbocycles. The van der Waals surface area contributed by atoms with E-state index in [0.29, 0.717) is 19.3 Å². The summed E-state index contributed by atoms with van der Waals surface area (Å²) in [4.78, 5) is 38.0. The maximum Gasteiger partial charge on any atom is 0.306 e. The van der Waals surface area contributed by atoms with Crippen LogP contribution in [0.15, 0.2) is 24.3 Å². The zero-order valence-electron chi connectivity index (χ0n) is 40.9. The predicted octanol–water partition coefficient (Wildman–Crippen LogP) is 17.5. The highest BCUT2D eigenvalue weighted by Crippen LogP contribution is 2.16. The van der Waals surface area contributed by atoms with Crippen LogP contribution in [0.25, 0.3) is 0 Å². The Hall–Kier alpha value is -2.11. The first kappa shape index (κ1) is 58.9. The topological polar surface area (TPSA) is 78.9 Å². The Balaban J connectivity index is 4.35. The lowest BCUT2D eigenvalue weighted by Crippen LogP contribution is -2.30. The molecular formula is C55H102O6. The molecule has 0 aliphatic rings. The highest BCUT2D eigenvalue weighted by atomic mass is 16.6. The molecule has 0 aliphatic heterocycles. The monoisotopic (exact) mass is 859 g/mol. The van der Waals surface area contributed by atoms with Crippen molar-refractivity contribution in [1.29, 1.82) is 0 Å². The highest BCUT2D eigenvalue weighted by Gasteiger charge is 2.19. The van der Waals surface area contributed by atoms with Crippen LogP contribution in [0.1, 0.15) is 290 Å². The minimum atomic E-state index is -0.771. The van der Waals surface area contributed by atoms with Crippen LogP contribution < -0.4 is 0 Å². The number of hydrogen-bond acceptors (Lipinski definition) is 6. The highest BCUT2D eigenvalue weighted by molar-refractivity contribution is 5.71. The Morgan fingerprint density at radius 2 is 0.541 bits per heavy atom. The van der Waals surface area contributed by atoms with Crippen molar-refractivity contribution in [3.63, 3.8) is 0 Å². The quantitative estimate of drug-likeness (QED) is 0.0262. The second-order valence-electron chi connectivity index (χ2n) is 18.1. The van der Waals surface area contributed by atoms with Gasteiger partial charge in [0.1, 0.15) is 13.2 Å². The summed E-state index contributed by atoms with van der Waals surface area (Å²) in [5.41, 5.74) is 0. The summed E-state index contributed by atoms with van der Waals surface area (Å²) < 4.78 is 16.8. The SMILES string of the molecule is CCCCCC/C=C\CCCCCCCCCC(=O)OC[C@H](COC(=O)CCCCCCC/C=C\CCCCCCCC)OC(=O)CCCCCCCCCCCCCCC. The van der Waals surface area contributed by atoms with E-state index in [4.69, 9.17) is 14.2 Å². The third kappa shape index (κ3) is 48.8. The van der Waals surface area contributed by atoms with Crippen molar-refractivity contribution in [2.45, 2.75) is 297 Å². The van der Waals surface area contributed by atoms with E-state index in [1.165, 1.54) is 186 Å². The first-order valence-corrected chi connectivity index (χ1v) is 26.8. The molecule has 0 N–H and O–H groups in total. The lowest BCUT2D eigenvalue weighted by molar-refractivity contribution is -0.167. The van der Waals surface area contributed by atoms with Gasteiger partial charge in [-0.25, -0.2) is 0 Å². The van der Waals surface area contributed by atoms with E-state index in [9.17, 15) is 14.4 Å². The largest absolute Gasteiger partial charge is 0.462 e. The third-order valence-corrected chi connectivity index (χ3v) is 11.9. The molecule has 0 saturated heterocycles. The van der Waals surface area contributed by atoms with Gasteiger partial charge < -0.3 is 14.2 Å². The van der Waals surface area contributed by atoms with Gasteiger partial charge in [0.05, 0.1) is 0 Å². The van der Waals surface area contributed by atoms with E-state index in [1.54, 1.807) is 0 Å². The molecule has 6 nitrogen and oxygen atoms in total. The van der Waals surface area contributed by atoms with Crippen molar-refractivity contribution in [2.24, 2.45) is 0 Å². The van der Waals surface area contributed by atoms with Crippen LogP contribution in [-0.2, 0) is 28.6 Å². The summed E-state index contributed by atoms with van der Waals surface area (Å²) >= 11 is 0. The third-order valence-electron chi connectivity index (χ3n) is 11.9. The Kier molecular flexibility index (Phi) is 48.8. The van der Waals surface area contributed by atoms with Crippen LogP contribution in [0, 0.1) is 0 Å². The molecule has 0 radical (unpaired) electrons. The minimum absolute atomic E-state index is 0.0724. The van der Waals surface area contributed by atoms with Gasteiger partial charge in [-0.1, -0.05) is 225 Å². The number of carbonyl (C=O) groups excluding carboxylic acids is 3. The van der Waals surface area contributed by atoms with Gasteiger partial charge >= 0.3 is 17.9 Å². The Morgan fingerprint density at radius 3 is 0.836 bits per heavy atom. The molecule has 0 rings (SSSR count). The molecule has 1 atom stereocenters. The second-order valence-corrected chi connectivity index (χ2v) is 18.1. The minimum Gasteiger partial charge on any atom is -0.462 e. The van der Waals surface area contributed by atoms with E-state index in [-0.39, 0.29) is 31.1 Å². The molecule has 0 aromatic carbocycles. The molecule has 358 valence electrons. The van der Waals surface area contributed by atoms with Crippen molar-refractivity contribution in [2.75, 3.05) is 13.2 Å². The van der Waals surface area contributed by atoms with Crippen LogP contribution in [0.2, 0.25) is 0 Å². The normalized spacial score (nSPS) is 12.1. The van der Waals surface area contributed by atoms with Gasteiger partial charge in [-0.05, 0) is 70.6 Å². The fourth-order valence-corrected chi connectivity index (χ4v) is 7.84. The predicted molar refractivity (Wildman–Crippen MR) is 261 cm³/mol. The number of rotatable bonds is 49. The van der Waals surface area contributed by atoms with Gasteiger partial charge in [-0.2, -0.15) is 0 Å². The van der Waals surface area contributed by atoms with Crippen LogP contribution in [0.4, 0.5) is 0 Å². The molecule has 0 spiro atoms. The number of esters is 3. The average Bonchev–Trinajstić information content (AvgIpc) is 3.26. The molecule has 0 bridgehead atoms. The van der Waals surface area contributed by atoms with Gasteiger partial charge in [-0.3, -0.25) is 14.4 Å². The maximum atomic E-state index is 12.8. The molecule has 0 aromatic rings. The van der Waals surface area contributed by atoms with Gasteiger partial charge in [0.25, 0.3) is 0 Å². The van der Waals surface area contributed by atoms with Gasteiger partial charge in [-0.15, -0.1) is 0 Å². The number of hydrogen-bond donors (Lipinski definition) is 0. The summed E-state index contributed by atoms with van der Waals surface area (Å²) in [5.74, 6) is -0.870. The molecule has 61 heavy (non-hydrogen) atoms. The van der Waals surface area contributed by atoms with E-state index in [0.717, 1.165) is 64.2 Å². The molecule has 0 amide bonds. The van der Waals surface area contributed by atoms with Gasteiger partial charge in [0.15, 0.2) is 6.10 Å². The summed E-state index contributed by atoms with van der Waals surface area (Å²) in [6.45, 7) is 6.64. The van der Waals surface area contributed by atoms with E-state index < -0.39 is 6.10 Å². The van der Waals surface area contributed by atoms with Crippen molar-refractivity contribution >= 4 is 17.9 Å². The Morgan fingerprint density at radius 1 is 0.311 bits per heavy atom. The lowest BCUT2D eigenvalue weighted by atomic mass is 10.0. The van der Waals surface area contributed by atoms with Crippen LogP contribution >= 0.6 is 0 Å². The van der Waals surface area contributed by atoms with E-state index >= 15 is 0 Å². The first-order valence-electron chi connectivity index (χ1n) is 26.8. The lowest BCUT2D eigenvalue weighted by Gasteiger charge is -2.18. The van der Waals surface area contributed by atoms with Crippen molar-refractivity contribution in [3.05, 3.63) is 24.3 Å². The number of carbonyl (C=O) groups is 3. The Labute approximate surface area is 379 Å². The molecule has 0 aromatic heterocycles. The summed E-state index contributed by atoms with van der Waals surface area (Å²) in [6, 6.07) is 0. The van der Waals surface area contributed by atoms with Crippen molar-refractivity contribution < 1.29 is 28.6 Å². The van der Waals surface area contributed by atoms with Crippen LogP contribution in [0.5, 0.6) is 0 Å². The van der Waals surface area contributed by atoms with Crippen LogP contribution in [-0.4, -0.2) is 37.2 Å². The summed E-state index contributed by atoms with van der Waals surface area (Å²) in [5, 5.41) is 0. The van der Waals surface area contributed by atoms with Crippen molar-refractivity contribution in [3.8, 4) is 0 Å². The molecule has 6 heteroatoms. The Bertz CT molecular complexity index is 989. The average molecular weight is 859 g/mol. The second kappa shape index (κ2) is 50.5. The zero-order valence-corrected chi connectivity index (χ0v) is 40.9. The number of unbranched alkanes of at least 4 members (excludes halogenated alkanes) is 34. The fourth-order valence-electron chi connectivity index (χ4n) is 7.84. The molecule has 0 fully saturated rings. The van der Waals surface area contributed by atoms with E-state index in [2.05, 4.69) is 45.1 Å².